The molecule has 0 saturated carbocycles. The molecule has 1 fully saturated rings. The second-order valence-corrected chi connectivity index (χ2v) is 6.94. The molecule has 24 heavy (non-hydrogen) atoms. The Morgan fingerprint density at radius 2 is 2.17 bits per heavy atom. The van der Waals surface area contributed by atoms with E-state index in [9.17, 15) is 4.79 Å². The van der Waals surface area contributed by atoms with Gasteiger partial charge in [0.05, 0.1) is 15.8 Å². The lowest BCUT2D eigenvalue weighted by atomic mass is 10.1. The van der Waals surface area contributed by atoms with Crippen LogP contribution >= 0.6 is 35.0 Å². The zero-order valence-electron chi connectivity index (χ0n) is 12.6. The van der Waals surface area contributed by atoms with Crippen LogP contribution in [-0.2, 0) is 4.84 Å². The highest BCUT2D eigenvalue weighted by molar-refractivity contribution is 8.00. The number of aromatic nitrogens is 1. The molecule has 9 heteroatoms. The quantitative estimate of drug-likeness (QED) is 0.594. The van der Waals surface area contributed by atoms with E-state index in [1.807, 2.05) is 0 Å². The number of hydrogen-bond donors (Lipinski definition) is 1. The van der Waals surface area contributed by atoms with Crippen molar-refractivity contribution in [3.8, 4) is 11.3 Å². The van der Waals surface area contributed by atoms with E-state index in [-0.39, 0.29) is 0 Å². The van der Waals surface area contributed by atoms with E-state index in [1.54, 1.807) is 36.9 Å². The number of nitrogens with one attached hydrogen (secondary N) is 1. The SMILES string of the molecule is Cc1onc(-c2c(Cl)cccc2Cl)c1NC(=O)ON=C1CCSC1. The molecule has 0 aliphatic carbocycles. The molecule has 3 rings (SSSR count). The number of oxime groups is 1. The van der Waals surface area contributed by atoms with Gasteiger partial charge in [-0.15, -0.1) is 0 Å². The van der Waals surface area contributed by atoms with Crippen LogP contribution in [0.1, 0.15) is 12.2 Å². The van der Waals surface area contributed by atoms with Crippen LogP contribution in [0, 0.1) is 6.92 Å². The van der Waals surface area contributed by atoms with Crippen LogP contribution in [0.2, 0.25) is 10.0 Å². The average Bonchev–Trinajstić information content (AvgIpc) is 3.17. The Bertz CT molecular complexity index is 779. The molecule has 0 radical (unpaired) electrons. The van der Waals surface area contributed by atoms with Gasteiger partial charge < -0.3 is 4.52 Å². The summed E-state index contributed by atoms with van der Waals surface area (Å²) in [4.78, 5) is 16.9. The van der Waals surface area contributed by atoms with Crippen LogP contribution in [0.3, 0.4) is 0 Å². The number of amides is 1. The Morgan fingerprint density at radius 1 is 1.42 bits per heavy atom. The molecule has 2 heterocycles. The predicted molar refractivity (Wildman–Crippen MR) is 96.2 cm³/mol. The van der Waals surface area contributed by atoms with Crippen LogP contribution in [0.4, 0.5) is 10.5 Å². The van der Waals surface area contributed by atoms with Gasteiger partial charge in [0.15, 0.2) is 5.76 Å². The van der Waals surface area contributed by atoms with Crippen LogP contribution in [-0.4, -0.2) is 28.5 Å². The standard InChI is InChI=1S/C15H13Cl2N3O3S/c1-8-13(18-15(21)23-19-9-5-6-24-7-9)14(20-22-8)12-10(16)3-2-4-11(12)17/h2-4H,5-7H2,1H3,(H,18,21). The lowest BCUT2D eigenvalue weighted by Gasteiger charge is -2.07. The maximum atomic E-state index is 12.0. The van der Waals surface area contributed by atoms with E-state index < -0.39 is 6.09 Å². The van der Waals surface area contributed by atoms with Crippen molar-refractivity contribution < 1.29 is 14.2 Å². The Labute approximate surface area is 152 Å². The van der Waals surface area contributed by atoms with Crippen molar-refractivity contribution >= 4 is 52.5 Å². The van der Waals surface area contributed by atoms with E-state index in [0.717, 1.165) is 23.6 Å². The minimum Gasteiger partial charge on any atom is -0.359 e. The second-order valence-electron chi connectivity index (χ2n) is 5.02. The number of carbonyl (C=O) groups excluding carboxylic acids is 1. The van der Waals surface area contributed by atoms with E-state index in [2.05, 4.69) is 15.6 Å². The number of aryl methyl sites for hydroxylation is 1. The summed E-state index contributed by atoms with van der Waals surface area (Å²) in [6.45, 7) is 1.66. The summed E-state index contributed by atoms with van der Waals surface area (Å²) in [5.74, 6) is 2.17. The zero-order chi connectivity index (χ0) is 17.1. The fourth-order valence-corrected chi connectivity index (χ4v) is 3.70. The summed E-state index contributed by atoms with van der Waals surface area (Å²) in [6.07, 6.45) is 0.0974. The first kappa shape index (κ1) is 17.1. The number of benzene rings is 1. The minimum atomic E-state index is -0.727. The maximum Gasteiger partial charge on any atom is 0.438 e. The molecule has 1 amide bonds. The number of nitrogens with zero attached hydrogens (tertiary/aromatic N) is 2. The van der Waals surface area contributed by atoms with Gasteiger partial charge in [0.25, 0.3) is 0 Å². The summed E-state index contributed by atoms with van der Waals surface area (Å²) in [6, 6.07) is 5.08. The van der Waals surface area contributed by atoms with E-state index in [0.29, 0.717) is 32.8 Å². The third-order valence-corrected chi connectivity index (χ3v) is 5.01. The van der Waals surface area contributed by atoms with Gasteiger partial charge in [-0.1, -0.05) is 39.6 Å². The van der Waals surface area contributed by atoms with E-state index in [1.165, 1.54) is 0 Å². The minimum absolute atomic E-state index is 0.337. The zero-order valence-corrected chi connectivity index (χ0v) is 15.0. The Balaban J connectivity index is 1.83. The number of thioether (sulfide) groups is 1. The first-order chi connectivity index (χ1) is 11.6. The summed E-state index contributed by atoms with van der Waals surface area (Å²) >= 11 is 14.1. The molecule has 1 aromatic carbocycles. The topological polar surface area (TPSA) is 76.7 Å². The average molecular weight is 386 g/mol. The Hall–Kier alpha value is -1.70. The molecule has 1 N–H and O–H groups in total. The highest BCUT2D eigenvalue weighted by Crippen LogP contribution is 2.39. The third-order valence-electron chi connectivity index (χ3n) is 3.35. The van der Waals surface area contributed by atoms with Crippen molar-refractivity contribution in [2.45, 2.75) is 13.3 Å². The van der Waals surface area contributed by atoms with Crippen molar-refractivity contribution in [1.82, 2.24) is 5.16 Å². The molecular weight excluding hydrogens is 373 g/mol. The molecule has 1 aromatic heterocycles. The lowest BCUT2D eigenvalue weighted by Crippen LogP contribution is -2.13. The smallest absolute Gasteiger partial charge is 0.359 e. The molecule has 0 spiro atoms. The van der Waals surface area contributed by atoms with Gasteiger partial charge in [0.2, 0.25) is 0 Å². The summed E-state index contributed by atoms with van der Waals surface area (Å²) in [7, 11) is 0. The fraction of sp³-hybridized carbons (Fsp3) is 0.267. The van der Waals surface area contributed by atoms with Crippen LogP contribution in [0.25, 0.3) is 11.3 Å². The van der Waals surface area contributed by atoms with Gasteiger partial charge in [-0.25, -0.2) is 4.79 Å². The normalized spacial score (nSPS) is 15.7. The molecule has 6 nitrogen and oxygen atoms in total. The number of anilines is 1. The fourth-order valence-electron chi connectivity index (χ4n) is 2.17. The van der Waals surface area contributed by atoms with Crippen molar-refractivity contribution in [2.24, 2.45) is 5.16 Å². The van der Waals surface area contributed by atoms with E-state index >= 15 is 0 Å². The maximum absolute atomic E-state index is 12.0. The lowest BCUT2D eigenvalue weighted by molar-refractivity contribution is 0.166. The molecular formula is C15H13Cl2N3O3S. The molecule has 2 aromatic rings. The molecule has 0 unspecified atom stereocenters. The summed E-state index contributed by atoms with van der Waals surface area (Å²) < 4.78 is 5.16. The first-order valence-electron chi connectivity index (χ1n) is 7.08. The Morgan fingerprint density at radius 3 is 2.83 bits per heavy atom. The number of carbonyl (C=O) groups is 1. The van der Waals surface area contributed by atoms with Gasteiger partial charge in [-0.3, -0.25) is 10.2 Å². The van der Waals surface area contributed by atoms with Crippen molar-refractivity contribution in [1.29, 1.82) is 0 Å². The predicted octanol–water partition coefficient (Wildman–Crippen LogP) is 5.00. The number of halogens is 2. The monoisotopic (exact) mass is 385 g/mol. The van der Waals surface area contributed by atoms with Crippen LogP contribution < -0.4 is 5.32 Å². The Kier molecular flexibility index (Phi) is 5.33. The van der Waals surface area contributed by atoms with Gasteiger partial charge in [-0.05, 0) is 31.2 Å². The number of rotatable bonds is 3. The van der Waals surface area contributed by atoms with Crippen LogP contribution in [0.15, 0.2) is 27.9 Å². The van der Waals surface area contributed by atoms with Crippen molar-refractivity contribution in [3.05, 3.63) is 34.0 Å². The third kappa shape index (κ3) is 3.68. The second kappa shape index (κ2) is 7.46. The number of hydrogen-bond acceptors (Lipinski definition) is 6. The summed E-state index contributed by atoms with van der Waals surface area (Å²) in [5, 5.41) is 11.2. The van der Waals surface area contributed by atoms with Gasteiger partial charge in [0, 0.05) is 11.3 Å². The van der Waals surface area contributed by atoms with Gasteiger partial charge in [0.1, 0.15) is 11.4 Å². The first-order valence-corrected chi connectivity index (χ1v) is 8.99. The summed E-state index contributed by atoms with van der Waals surface area (Å²) in [5.41, 5.74) is 2.01. The molecule has 0 atom stereocenters. The molecule has 1 aliphatic heterocycles. The van der Waals surface area contributed by atoms with Crippen molar-refractivity contribution in [3.63, 3.8) is 0 Å². The molecule has 0 bridgehead atoms. The van der Waals surface area contributed by atoms with Gasteiger partial charge >= 0.3 is 6.09 Å². The van der Waals surface area contributed by atoms with Gasteiger partial charge in [-0.2, -0.15) is 11.8 Å². The largest absolute Gasteiger partial charge is 0.438 e. The van der Waals surface area contributed by atoms with Crippen LogP contribution in [0.5, 0.6) is 0 Å². The molecule has 1 aliphatic rings. The van der Waals surface area contributed by atoms with E-state index in [4.69, 9.17) is 32.6 Å². The molecule has 1 saturated heterocycles. The molecule has 126 valence electrons. The highest BCUT2D eigenvalue weighted by Gasteiger charge is 2.22. The highest BCUT2D eigenvalue weighted by atomic mass is 35.5. The van der Waals surface area contributed by atoms with Crippen molar-refractivity contribution in [2.75, 3.05) is 16.8 Å².